The highest BCUT2D eigenvalue weighted by Crippen LogP contribution is 2.49. The number of nitrogens with zero attached hydrogens (tertiary/aromatic N) is 2. The molecule has 2 aromatic rings. The lowest BCUT2D eigenvalue weighted by molar-refractivity contribution is -0.124. The van der Waals surface area contributed by atoms with Gasteiger partial charge in [-0.1, -0.05) is 13.8 Å². The summed E-state index contributed by atoms with van der Waals surface area (Å²) in [5.41, 5.74) is 0.609. The van der Waals surface area contributed by atoms with Crippen molar-refractivity contribution in [1.29, 1.82) is 0 Å². The van der Waals surface area contributed by atoms with Gasteiger partial charge in [-0.3, -0.25) is 4.79 Å². The topological polar surface area (TPSA) is 58.4 Å². The second-order valence-corrected chi connectivity index (χ2v) is 9.60. The molecular weight excluding hydrogens is 344 g/mol. The number of aromatic nitrogens is 2. The number of piperidine rings is 1. The molecule has 2 aliphatic rings. The lowest BCUT2D eigenvalue weighted by Gasteiger charge is -2.26. The Labute approximate surface area is 159 Å². The molecular formula is C20H28N4OS. The van der Waals surface area contributed by atoms with E-state index in [-0.39, 0.29) is 11.8 Å². The van der Waals surface area contributed by atoms with Gasteiger partial charge in [-0.2, -0.15) is 0 Å². The van der Waals surface area contributed by atoms with E-state index in [0.717, 1.165) is 30.2 Å². The summed E-state index contributed by atoms with van der Waals surface area (Å²) in [4.78, 5) is 18.7. The maximum Gasteiger partial charge on any atom is 0.224 e. The van der Waals surface area contributed by atoms with Gasteiger partial charge in [-0.15, -0.1) is 11.8 Å². The molecule has 1 saturated carbocycles. The number of fused-ring (bicyclic) bond motifs is 2. The van der Waals surface area contributed by atoms with E-state index in [1.165, 1.54) is 4.90 Å². The van der Waals surface area contributed by atoms with Crippen LogP contribution in [0.15, 0.2) is 29.4 Å². The molecule has 0 radical (unpaired) electrons. The minimum atomic E-state index is -0.505. The Kier molecular flexibility index (Phi) is 4.51. The van der Waals surface area contributed by atoms with Crippen molar-refractivity contribution in [2.45, 2.75) is 38.1 Å². The monoisotopic (exact) mass is 372 g/mol. The van der Waals surface area contributed by atoms with Crippen molar-refractivity contribution in [3.8, 4) is 0 Å². The molecule has 2 aromatic heterocycles. The predicted octanol–water partition coefficient (Wildman–Crippen LogP) is 2.90. The fourth-order valence-corrected chi connectivity index (χ4v) is 5.08. The van der Waals surface area contributed by atoms with Gasteiger partial charge >= 0.3 is 0 Å². The lowest BCUT2D eigenvalue weighted by Crippen LogP contribution is -2.44. The van der Waals surface area contributed by atoms with Gasteiger partial charge in [0.15, 0.2) is 0 Å². The van der Waals surface area contributed by atoms with E-state index >= 15 is 0 Å². The molecule has 2 fully saturated rings. The van der Waals surface area contributed by atoms with Gasteiger partial charge in [-0.25, -0.2) is 4.98 Å². The van der Waals surface area contributed by atoms with Crippen LogP contribution in [-0.4, -0.2) is 34.1 Å². The van der Waals surface area contributed by atoms with Gasteiger partial charge in [0, 0.05) is 22.8 Å². The van der Waals surface area contributed by atoms with E-state index in [2.05, 4.69) is 46.0 Å². The van der Waals surface area contributed by atoms with Gasteiger partial charge in [-0.05, 0) is 56.8 Å². The summed E-state index contributed by atoms with van der Waals surface area (Å²) in [6.45, 7) is 10.5. The van der Waals surface area contributed by atoms with Crippen molar-refractivity contribution in [1.82, 2.24) is 20.0 Å². The number of pyridine rings is 1. The molecule has 6 heteroatoms. The van der Waals surface area contributed by atoms with E-state index in [1.54, 1.807) is 0 Å². The zero-order chi connectivity index (χ0) is 18.5. The maximum absolute atomic E-state index is 12.7. The third-order valence-corrected chi connectivity index (χ3v) is 6.98. The number of amides is 1. The standard InChI is InChI=1S/C20H28N4OS/c1-12(2)11-26-16-6-5-7-24-15(16)10-22-19(24)20(3,4)23-18(25)17-13-8-21-9-14(13)17/h5-7,10,12-14,17,21H,8-9,11H2,1-4H3,(H,23,25)/t13-,14+,17+. The average molecular weight is 373 g/mol. The number of nitrogens with one attached hydrogen (secondary N) is 2. The lowest BCUT2D eigenvalue weighted by atomic mass is 10.0. The summed E-state index contributed by atoms with van der Waals surface area (Å²) < 4.78 is 2.12. The van der Waals surface area contributed by atoms with E-state index in [0.29, 0.717) is 17.8 Å². The molecule has 0 unspecified atom stereocenters. The zero-order valence-corrected chi connectivity index (χ0v) is 16.8. The van der Waals surface area contributed by atoms with E-state index in [4.69, 9.17) is 0 Å². The highest BCUT2D eigenvalue weighted by Gasteiger charge is 2.57. The summed E-state index contributed by atoms with van der Waals surface area (Å²) in [5.74, 6) is 4.03. The maximum atomic E-state index is 12.7. The first-order chi connectivity index (χ1) is 12.4. The SMILES string of the molecule is CC(C)CSc1cccn2c(C(C)(C)NC(=O)[C@H]3[C@@H]4CNC[C@@H]43)ncc12. The molecule has 4 rings (SSSR count). The first-order valence-electron chi connectivity index (χ1n) is 9.50. The van der Waals surface area contributed by atoms with Crippen LogP contribution in [-0.2, 0) is 10.3 Å². The van der Waals surface area contributed by atoms with E-state index < -0.39 is 5.54 Å². The second kappa shape index (κ2) is 6.57. The van der Waals surface area contributed by atoms with Crippen molar-refractivity contribution in [3.05, 3.63) is 30.4 Å². The fraction of sp³-hybridized carbons (Fsp3) is 0.600. The molecule has 140 valence electrons. The van der Waals surface area contributed by atoms with Crippen LogP contribution in [0.5, 0.6) is 0 Å². The normalized spacial score (nSPS) is 24.9. The molecule has 2 N–H and O–H groups in total. The quantitative estimate of drug-likeness (QED) is 0.766. The Morgan fingerprint density at radius 2 is 2.15 bits per heavy atom. The predicted molar refractivity (Wildman–Crippen MR) is 105 cm³/mol. The molecule has 0 bridgehead atoms. The number of imidazole rings is 1. The number of hydrogen-bond donors (Lipinski definition) is 2. The molecule has 3 heterocycles. The van der Waals surface area contributed by atoms with Crippen LogP contribution in [0.4, 0.5) is 0 Å². The summed E-state index contributed by atoms with van der Waals surface area (Å²) in [6.07, 6.45) is 3.97. The fourth-order valence-electron chi connectivity index (χ4n) is 4.09. The third-order valence-electron chi connectivity index (χ3n) is 5.49. The van der Waals surface area contributed by atoms with Gasteiger partial charge in [0.1, 0.15) is 5.82 Å². The van der Waals surface area contributed by atoms with Crippen molar-refractivity contribution in [2.75, 3.05) is 18.8 Å². The summed E-state index contributed by atoms with van der Waals surface area (Å²) in [5, 5.41) is 6.60. The number of hydrogen-bond acceptors (Lipinski definition) is 4. The molecule has 1 aliphatic carbocycles. The highest BCUT2D eigenvalue weighted by atomic mass is 32.2. The van der Waals surface area contributed by atoms with Crippen LogP contribution in [0.3, 0.4) is 0 Å². The molecule has 1 aliphatic heterocycles. The van der Waals surface area contributed by atoms with E-state index in [9.17, 15) is 4.79 Å². The van der Waals surface area contributed by atoms with Gasteiger partial charge in [0.25, 0.3) is 0 Å². The van der Waals surface area contributed by atoms with Crippen LogP contribution >= 0.6 is 11.8 Å². The van der Waals surface area contributed by atoms with Gasteiger partial charge in [0.2, 0.25) is 5.91 Å². The number of rotatable bonds is 6. The highest BCUT2D eigenvalue weighted by molar-refractivity contribution is 7.99. The largest absolute Gasteiger partial charge is 0.344 e. The Hall–Kier alpha value is -1.53. The van der Waals surface area contributed by atoms with Crippen LogP contribution in [0.2, 0.25) is 0 Å². The van der Waals surface area contributed by atoms with Crippen LogP contribution in [0, 0.1) is 23.7 Å². The first kappa shape index (κ1) is 17.9. The van der Waals surface area contributed by atoms with Crippen LogP contribution in [0.1, 0.15) is 33.5 Å². The third kappa shape index (κ3) is 3.14. The Bertz CT molecular complexity index is 818. The van der Waals surface area contributed by atoms with Gasteiger partial charge in [0.05, 0.1) is 17.3 Å². The molecule has 0 aromatic carbocycles. The second-order valence-electron chi connectivity index (χ2n) is 8.54. The summed E-state index contributed by atoms with van der Waals surface area (Å²) in [7, 11) is 0. The van der Waals surface area contributed by atoms with Crippen molar-refractivity contribution in [2.24, 2.45) is 23.7 Å². The van der Waals surface area contributed by atoms with Crippen LogP contribution in [0.25, 0.3) is 5.52 Å². The van der Waals surface area contributed by atoms with E-state index in [1.807, 2.05) is 38.0 Å². The average Bonchev–Trinajstić information content (AvgIpc) is 2.95. The van der Waals surface area contributed by atoms with Crippen molar-refractivity contribution < 1.29 is 4.79 Å². The molecule has 1 saturated heterocycles. The van der Waals surface area contributed by atoms with Gasteiger partial charge < -0.3 is 15.0 Å². The number of carbonyl (C=O) groups excluding carboxylic acids is 1. The number of carbonyl (C=O) groups is 1. The molecule has 0 spiro atoms. The molecule has 5 nitrogen and oxygen atoms in total. The Morgan fingerprint density at radius 1 is 1.42 bits per heavy atom. The number of thioether (sulfide) groups is 1. The van der Waals surface area contributed by atoms with Crippen molar-refractivity contribution >= 4 is 23.2 Å². The Morgan fingerprint density at radius 3 is 2.85 bits per heavy atom. The minimum absolute atomic E-state index is 0.175. The molecule has 26 heavy (non-hydrogen) atoms. The summed E-state index contributed by atoms with van der Waals surface area (Å²) in [6, 6.07) is 4.22. The first-order valence-corrected chi connectivity index (χ1v) is 10.5. The van der Waals surface area contributed by atoms with Crippen LogP contribution < -0.4 is 10.6 Å². The van der Waals surface area contributed by atoms with Crippen molar-refractivity contribution in [3.63, 3.8) is 0 Å². The zero-order valence-electron chi connectivity index (χ0n) is 16.0. The summed E-state index contributed by atoms with van der Waals surface area (Å²) >= 11 is 1.87. The molecule has 1 amide bonds. The molecule has 3 atom stereocenters. The Balaban J connectivity index is 1.55. The minimum Gasteiger partial charge on any atom is -0.344 e. The smallest absolute Gasteiger partial charge is 0.224 e.